The van der Waals surface area contributed by atoms with Gasteiger partial charge in [-0.15, -0.1) is 9.73 Å². The van der Waals surface area contributed by atoms with Gasteiger partial charge in [-0.2, -0.15) is 4.98 Å². The van der Waals surface area contributed by atoms with Crippen LogP contribution in [-0.4, -0.2) is 31.5 Å². The summed E-state index contributed by atoms with van der Waals surface area (Å²) in [4.78, 5) is 3.95. The number of nitrogens with one attached hydrogen (secondary N) is 1. The molecule has 2 aromatic heterocycles. The number of aromatic hydroxyl groups is 1. The van der Waals surface area contributed by atoms with Crippen molar-refractivity contribution in [1.82, 2.24) is 19.8 Å². The Hall–Kier alpha value is -2.35. The number of nitrogens with zero attached hydrogens (tertiary/aromatic N) is 3. The van der Waals surface area contributed by atoms with Crippen LogP contribution in [0.15, 0.2) is 22.6 Å². The summed E-state index contributed by atoms with van der Waals surface area (Å²) in [5, 5.41) is 16.5. The summed E-state index contributed by atoms with van der Waals surface area (Å²) in [6, 6.07) is 4.85. The topological polar surface area (TPSA) is 88.6 Å². The maximum absolute atomic E-state index is 9.64. The number of benzene rings is 1. The highest BCUT2D eigenvalue weighted by atomic mass is 32.1. The molecule has 0 saturated heterocycles. The third-order valence-electron chi connectivity index (χ3n) is 2.47. The molecule has 3 aromatic rings. The van der Waals surface area contributed by atoms with Crippen LogP contribution in [0, 0.1) is 4.77 Å². The molecule has 0 bridgehead atoms. The highest BCUT2D eigenvalue weighted by Crippen LogP contribution is 2.31. The van der Waals surface area contributed by atoms with Crippen molar-refractivity contribution in [2.75, 3.05) is 6.61 Å². The Labute approximate surface area is 112 Å². The third kappa shape index (κ3) is 2.06. The molecule has 19 heavy (non-hydrogen) atoms. The van der Waals surface area contributed by atoms with Gasteiger partial charge < -0.3 is 14.3 Å². The van der Waals surface area contributed by atoms with Crippen molar-refractivity contribution < 1.29 is 14.3 Å². The Morgan fingerprint density at radius 2 is 2.37 bits per heavy atom. The number of rotatable bonds is 3. The molecule has 0 spiro atoms. The number of hydrogen-bond acceptors (Lipinski definition) is 6. The quantitative estimate of drug-likeness (QED) is 0.714. The van der Waals surface area contributed by atoms with Gasteiger partial charge >= 0.3 is 5.84 Å². The van der Waals surface area contributed by atoms with E-state index in [2.05, 4.69) is 15.2 Å². The van der Waals surface area contributed by atoms with Crippen LogP contribution in [-0.2, 0) is 0 Å². The zero-order chi connectivity index (χ0) is 13.4. The fraction of sp³-hybridized carbons (Fsp3) is 0.182. The molecule has 0 fully saturated rings. The first-order chi connectivity index (χ1) is 9.17. The molecule has 8 heteroatoms. The molecular weight excluding hydrogens is 268 g/mol. The standard InChI is InChI=1S/C11H10N4O3S/c1-2-17-8-5-6(3-4-7(8)16)9-13-15-11(18-9)12-10(19)14-15/h3-5,16H,2H2,1H3,(H,14,19). The van der Waals surface area contributed by atoms with E-state index in [-0.39, 0.29) is 11.6 Å². The van der Waals surface area contributed by atoms with E-state index in [1.807, 2.05) is 6.92 Å². The monoisotopic (exact) mass is 278 g/mol. The highest BCUT2D eigenvalue weighted by molar-refractivity contribution is 7.71. The second-order valence-electron chi connectivity index (χ2n) is 3.75. The molecule has 2 N–H and O–H groups in total. The zero-order valence-corrected chi connectivity index (χ0v) is 10.8. The molecule has 0 aliphatic carbocycles. The summed E-state index contributed by atoms with van der Waals surface area (Å²) in [7, 11) is 0. The van der Waals surface area contributed by atoms with E-state index in [9.17, 15) is 5.11 Å². The lowest BCUT2D eigenvalue weighted by molar-refractivity contribution is 0.318. The fourth-order valence-corrected chi connectivity index (χ4v) is 1.83. The number of ether oxygens (including phenoxy) is 1. The van der Waals surface area contributed by atoms with E-state index in [0.29, 0.717) is 28.6 Å². The molecule has 0 unspecified atom stereocenters. The third-order valence-corrected chi connectivity index (χ3v) is 2.65. The van der Waals surface area contributed by atoms with E-state index in [0.717, 1.165) is 0 Å². The van der Waals surface area contributed by atoms with E-state index in [1.54, 1.807) is 12.1 Å². The zero-order valence-electron chi connectivity index (χ0n) is 9.95. The molecule has 0 amide bonds. The van der Waals surface area contributed by atoms with Crippen molar-refractivity contribution in [2.24, 2.45) is 0 Å². The second kappa shape index (κ2) is 4.39. The SMILES string of the molecule is CCOc1cc(-c2nn3[nH]c(=S)nc3o2)ccc1O. The molecule has 2 heterocycles. The first-order valence-electron chi connectivity index (χ1n) is 5.59. The molecule has 3 rings (SSSR count). The predicted octanol–water partition coefficient (Wildman–Crippen LogP) is 2.15. The highest BCUT2D eigenvalue weighted by Gasteiger charge is 2.12. The molecule has 0 aliphatic heterocycles. The van der Waals surface area contributed by atoms with Crippen LogP contribution in [0.1, 0.15) is 6.92 Å². The number of phenolic OH excluding ortho intramolecular Hbond substituents is 1. The molecular formula is C11H10N4O3S. The van der Waals surface area contributed by atoms with Crippen molar-refractivity contribution >= 4 is 18.1 Å². The van der Waals surface area contributed by atoms with Gasteiger partial charge in [-0.3, -0.25) is 0 Å². The second-order valence-corrected chi connectivity index (χ2v) is 4.13. The predicted molar refractivity (Wildman–Crippen MR) is 68.7 cm³/mol. The maximum Gasteiger partial charge on any atom is 0.343 e. The summed E-state index contributed by atoms with van der Waals surface area (Å²) in [6.07, 6.45) is 0. The Balaban J connectivity index is 2.07. The van der Waals surface area contributed by atoms with Gasteiger partial charge in [-0.25, -0.2) is 5.10 Å². The Bertz CT molecular complexity index is 754. The van der Waals surface area contributed by atoms with Crippen LogP contribution in [0.3, 0.4) is 0 Å². The molecule has 7 nitrogen and oxygen atoms in total. The largest absolute Gasteiger partial charge is 0.504 e. The minimum absolute atomic E-state index is 0.0707. The van der Waals surface area contributed by atoms with Crippen LogP contribution < -0.4 is 4.74 Å². The number of aromatic amines is 1. The first-order valence-corrected chi connectivity index (χ1v) is 6.00. The Morgan fingerprint density at radius 1 is 1.53 bits per heavy atom. The summed E-state index contributed by atoms with van der Waals surface area (Å²) >= 11 is 4.86. The lowest BCUT2D eigenvalue weighted by Gasteiger charge is -2.06. The summed E-state index contributed by atoms with van der Waals surface area (Å²) in [6.45, 7) is 2.30. The molecule has 98 valence electrons. The van der Waals surface area contributed by atoms with Gasteiger partial charge in [0, 0.05) is 5.56 Å². The van der Waals surface area contributed by atoms with Gasteiger partial charge in [0.15, 0.2) is 11.5 Å². The number of fused-ring (bicyclic) bond motifs is 1. The molecule has 0 saturated carbocycles. The Morgan fingerprint density at radius 3 is 3.11 bits per heavy atom. The van der Waals surface area contributed by atoms with E-state index < -0.39 is 0 Å². The minimum Gasteiger partial charge on any atom is -0.504 e. The van der Waals surface area contributed by atoms with Crippen LogP contribution in [0.25, 0.3) is 17.3 Å². The lowest BCUT2D eigenvalue weighted by atomic mass is 10.2. The van der Waals surface area contributed by atoms with Gasteiger partial charge in [0.1, 0.15) is 0 Å². The van der Waals surface area contributed by atoms with Crippen LogP contribution >= 0.6 is 12.2 Å². The average Bonchev–Trinajstić information content (AvgIpc) is 2.89. The van der Waals surface area contributed by atoms with Gasteiger partial charge in [0.2, 0.25) is 10.7 Å². The van der Waals surface area contributed by atoms with Crippen LogP contribution in [0.4, 0.5) is 0 Å². The van der Waals surface area contributed by atoms with Gasteiger partial charge in [-0.05, 0) is 37.3 Å². The van der Waals surface area contributed by atoms with Gasteiger partial charge in [0.25, 0.3) is 0 Å². The minimum atomic E-state index is 0.0707. The fourth-order valence-electron chi connectivity index (χ4n) is 1.66. The molecule has 1 aromatic carbocycles. The van der Waals surface area contributed by atoms with Crippen molar-refractivity contribution in [3.8, 4) is 23.0 Å². The maximum atomic E-state index is 9.64. The molecule has 0 aliphatic rings. The average molecular weight is 278 g/mol. The van der Waals surface area contributed by atoms with Crippen LogP contribution in [0.2, 0.25) is 0 Å². The number of aromatic nitrogens is 4. The van der Waals surface area contributed by atoms with Gasteiger partial charge in [0.05, 0.1) is 6.61 Å². The summed E-state index contributed by atoms with van der Waals surface area (Å²) in [5.74, 6) is 1.09. The summed E-state index contributed by atoms with van der Waals surface area (Å²) < 4.78 is 12.4. The van der Waals surface area contributed by atoms with E-state index in [4.69, 9.17) is 21.4 Å². The normalized spacial score (nSPS) is 11.0. The number of H-pyrrole nitrogens is 1. The van der Waals surface area contributed by atoms with Crippen molar-refractivity contribution in [3.05, 3.63) is 23.0 Å². The Kier molecular flexibility index (Phi) is 2.71. The van der Waals surface area contributed by atoms with Crippen LogP contribution in [0.5, 0.6) is 11.5 Å². The van der Waals surface area contributed by atoms with E-state index >= 15 is 0 Å². The smallest absolute Gasteiger partial charge is 0.343 e. The number of hydrogen-bond donors (Lipinski definition) is 2. The van der Waals surface area contributed by atoms with Crippen molar-refractivity contribution in [2.45, 2.75) is 6.92 Å². The lowest BCUT2D eigenvalue weighted by Crippen LogP contribution is -1.92. The molecule has 0 radical (unpaired) electrons. The van der Waals surface area contributed by atoms with Crippen molar-refractivity contribution in [1.29, 1.82) is 0 Å². The van der Waals surface area contributed by atoms with Gasteiger partial charge in [-0.1, -0.05) is 0 Å². The molecule has 0 atom stereocenters. The first kappa shape index (κ1) is 11.7. The number of phenols is 1. The summed E-state index contributed by atoms with van der Waals surface area (Å²) in [5.41, 5.74) is 0.672. The van der Waals surface area contributed by atoms with E-state index in [1.165, 1.54) is 10.7 Å². The van der Waals surface area contributed by atoms with Crippen molar-refractivity contribution in [3.63, 3.8) is 0 Å².